The first-order valence-electron chi connectivity index (χ1n) is 6.74. The van der Waals surface area contributed by atoms with Crippen LogP contribution in [0.2, 0.25) is 0 Å². The van der Waals surface area contributed by atoms with Crippen molar-refractivity contribution in [1.29, 1.82) is 0 Å². The van der Waals surface area contributed by atoms with Crippen molar-refractivity contribution in [2.45, 2.75) is 26.3 Å². The topological polar surface area (TPSA) is 21.3 Å². The highest BCUT2D eigenvalue weighted by atomic mass is 79.9. The van der Waals surface area contributed by atoms with Crippen LogP contribution in [0.4, 0.5) is 5.69 Å². The Labute approximate surface area is 129 Å². The number of benzene rings is 2. The average Bonchev–Trinajstić information content (AvgIpc) is 2.43. The van der Waals surface area contributed by atoms with Gasteiger partial charge in [-0.2, -0.15) is 0 Å². The van der Waals surface area contributed by atoms with E-state index in [9.17, 15) is 0 Å². The number of anilines is 1. The minimum absolute atomic E-state index is 0.378. The van der Waals surface area contributed by atoms with E-state index in [2.05, 4.69) is 71.5 Å². The predicted molar refractivity (Wildman–Crippen MR) is 88.7 cm³/mol. The molecule has 0 aliphatic heterocycles. The van der Waals surface area contributed by atoms with Crippen molar-refractivity contribution < 1.29 is 4.74 Å². The average molecular weight is 334 g/mol. The molecular formula is C17H20BrNO. The Morgan fingerprint density at radius 1 is 1.15 bits per heavy atom. The molecule has 2 rings (SSSR count). The van der Waals surface area contributed by atoms with E-state index in [0.717, 1.165) is 22.3 Å². The SMILES string of the molecule is COc1ccc(NC(C)Cc2ccc(Br)cc2)c(C)c1. The molecule has 0 radical (unpaired) electrons. The number of hydrogen-bond acceptors (Lipinski definition) is 2. The molecule has 2 aromatic rings. The van der Waals surface area contributed by atoms with Gasteiger partial charge in [0.25, 0.3) is 0 Å². The molecule has 3 heteroatoms. The van der Waals surface area contributed by atoms with E-state index in [1.807, 2.05) is 6.07 Å². The lowest BCUT2D eigenvalue weighted by Crippen LogP contribution is -2.18. The molecule has 0 aromatic heterocycles. The highest BCUT2D eigenvalue weighted by Gasteiger charge is 2.06. The van der Waals surface area contributed by atoms with Crippen LogP contribution in [0.25, 0.3) is 0 Å². The fourth-order valence-electron chi connectivity index (χ4n) is 2.22. The van der Waals surface area contributed by atoms with Gasteiger partial charge in [0, 0.05) is 16.2 Å². The van der Waals surface area contributed by atoms with Crippen LogP contribution in [0, 0.1) is 6.92 Å². The molecule has 0 aliphatic carbocycles. The molecule has 1 unspecified atom stereocenters. The van der Waals surface area contributed by atoms with E-state index in [1.54, 1.807) is 7.11 Å². The zero-order valence-electron chi connectivity index (χ0n) is 12.1. The Bertz CT molecular complexity index is 566. The molecule has 20 heavy (non-hydrogen) atoms. The van der Waals surface area contributed by atoms with Crippen LogP contribution < -0.4 is 10.1 Å². The number of rotatable bonds is 5. The second kappa shape index (κ2) is 6.80. The molecule has 2 nitrogen and oxygen atoms in total. The molecule has 106 valence electrons. The molecule has 0 bridgehead atoms. The highest BCUT2D eigenvalue weighted by Crippen LogP contribution is 2.22. The van der Waals surface area contributed by atoms with E-state index >= 15 is 0 Å². The number of aryl methyl sites for hydroxylation is 1. The van der Waals surface area contributed by atoms with E-state index in [4.69, 9.17) is 4.74 Å². The molecule has 0 aliphatic rings. The van der Waals surface area contributed by atoms with Gasteiger partial charge in [0.05, 0.1) is 7.11 Å². The lowest BCUT2D eigenvalue weighted by molar-refractivity contribution is 0.414. The maximum atomic E-state index is 5.23. The standard InChI is InChI=1S/C17H20BrNO/c1-12-10-16(20-3)8-9-17(12)19-13(2)11-14-4-6-15(18)7-5-14/h4-10,13,19H,11H2,1-3H3. The van der Waals surface area contributed by atoms with Crippen LogP contribution in [-0.4, -0.2) is 13.2 Å². The van der Waals surface area contributed by atoms with Gasteiger partial charge in [-0.05, 0) is 61.7 Å². The van der Waals surface area contributed by atoms with Crippen LogP contribution in [0.5, 0.6) is 5.75 Å². The summed E-state index contributed by atoms with van der Waals surface area (Å²) in [6.07, 6.45) is 0.999. The number of hydrogen-bond donors (Lipinski definition) is 1. The van der Waals surface area contributed by atoms with Gasteiger partial charge in [-0.15, -0.1) is 0 Å². The summed E-state index contributed by atoms with van der Waals surface area (Å²) in [5.74, 6) is 0.897. The van der Waals surface area contributed by atoms with Crippen molar-refractivity contribution in [3.63, 3.8) is 0 Å². The summed E-state index contributed by atoms with van der Waals surface area (Å²) in [5.41, 5.74) is 3.70. The maximum absolute atomic E-state index is 5.23. The first-order valence-corrected chi connectivity index (χ1v) is 7.53. The largest absolute Gasteiger partial charge is 0.497 e. The first-order chi connectivity index (χ1) is 9.58. The van der Waals surface area contributed by atoms with Crippen LogP contribution in [0.3, 0.4) is 0 Å². The molecule has 0 spiro atoms. The molecule has 0 fully saturated rings. The van der Waals surface area contributed by atoms with Gasteiger partial charge in [-0.3, -0.25) is 0 Å². The second-order valence-corrected chi connectivity index (χ2v) is 5.97. The Morgan fingerprint density at radius 2 is 1.85 bits per heavy atom. The van der Waals surface area contributed by atoms with Gasteiger partial charge < -0.3 is 10.1 Å². The molecule has 0 amide bonds. The lowest BCUT2D eigenvalue weighted by Gasteiger charge is -2.17. The van der Waals surface area contributed by atoms with Crippen LogP contribution in [0.1, 0.15) is 18.1 Å². The minimum atomic E-state index is 0.378. The minimum Gasteiger partial charge on any atom is -0.497 e. The number of methoxy groups -OCH3 is 1. The van der Waals surface area contributed by atoms with Gasteiger partial charge in [0.2, 0.25) is 0 Å². The number of halogens is 1. The van der Waals surface area contributed by atoms with Gasteiger partial charge in [0.15, 0.2) is 0 Å². The summed E-state index contributed by atoms with van der Waals surface area (Å²) in [5, 5.41) is 3.56. The molecule has 1 N–H and O–H groups in total. The maximum Gasteiger partial charge on any atom is 0.119 e. The predicted octanol–water partition coefficient (Wildman–Crippen LogP) is 4.81. The number of ether oxygens (including phenoxy) is 1. The highest BCUT2D eigenvalue weighted by molar-refractivity contribution is 9.10. The first kappa shape index (κ1) is 14.9. The van der Waals surface area contributed by atoms with Crippen molar-refractivity contribution in [1.82, 2.24) is 0 Å². The third kappa shape index (κ3) is 4.01. The summed E-state index contributed by atoms with van der Waals surface area (Å²) < 4.78 is 6.35. The third-order valence-electron chi connectivity index (χ3n) is 3.29. The lowest BCUT2D eigenvalue weighted by atomic mass is 10.1. The van der Waals surface area contributed by atoms with Crippen molar-refractivity contribution >= 4 is 21.6 Å². The Hall–Kier alpha value is -1.48. The fraction of sp³-hybridized carbons (Fsp3) is 0.294. The summed E-state index contributed by atoms with van der Waals surface area (Å²) in [6, 6.07) is 15.0. The zero-order chi connectivity index (χ0) is 14.5. The van der Waals surface area contributed by atoms with Gasteiger partial charge in [-0.1, -0.05) is 28.1 Å². The van der Waals surface area contributed by atoms with Gasteiger partial charge in [-0.25, -0.2) is 0 Å². The molecule has 0 saturated heterocycles. The molecule has 2 aromatic carbocycles. The number of nitrogens with one attached hydrogen (secondary N) is 1. The van der Waals surface area contributed by atoms with E-state index in [1.165, 1.54) is 11.1 Å². The van der Waals surface area contributed by atoms with Gasteiger partial charge >= 0.3 is 0 Å². The molecule has 1 atom stereocenters. The van der Waals surface area contributed by atoms with E-state index in [0.29, 0.717) is 6.04 Å². The van der Waals surface area contributed by atoms with Crippen LogP contribution >= 0.6 is 15.9 Å². The Morgan fingerprint density at radius 3 is 2.45 bits per heavy atom. The smallest absolute Gasteiger partial charge is 0.119 e. The van der Waals surface area contributed by atoms with E-state index < -0.39 is 0 Å². The normalized spacial score (nSPS) is 12.0. The summed E-state index contributed by atoms with van der Waals surface area (Å²) in [7, 11) is 1.69. The quantitative estimate of drug-likeness (QED) is 0.847. The summed E-state index contributed by atoms with van der Waals surface area (Å²) in [4.78, 5) is 0. The Kier molecular flexibility index (Phi) is 5.07. The summed E-state index contributed by atoms with van der Waals surface area (Å²) >= 11 is 3.46. The molecular weight excluding hydrogens is 314 g/mol. The molecule has 0 heterocycles. The van der Waals surface area contributed by atoms with Crippen LogP contribution in [-0.2, 0) is 6.42 Å². The second-order valence-electron chi connectivity index (χ2n) is 5.06. The van der Waals surface area contributed by atoms with Crippen molar-refractivity contribution in [2.75, 3.05) is 12.4 Å². The summed E-state index contributed by atoms with van der Waals surface area (Å²) in [6.45, 7) is 4.29. The van der Waals surface area contributed by atoms with Crippen LogP contribution in [0.15, 0.2) is 46.9 Å². The van der Waals surface area contributed by atoms with E-state index in [-0.39, 0.29) is 0 Å². The third-order valence-corrected chi connectivity index (χ3v) is 3.82. The fourth-order valence-corrected chi connectivity index (χ4v) is 2.48. The zero-order valence-corrected chi connectivity index (χ0v) is 13.7. The Balaban J connectivity index is 2.00. The molecule has 0 saturated carbocycles. The van der Waals surface area contributed by atoms with Crippen molar-refractivity contribution in [3.05, 3.63) is 58.1 Å². The van der Waals surface area contributed by atoms with Gasteiger partial charge in [0.1, 0.15) is 5.75 Å². The van der Waals surface area contributed by atoms with Crippen molar-refractivity contribution in [3.8, 4) is 5.75 Å². The monoisotopic (exact) mass is 333 g/mol. The van der Waals surface area contributed by atoms with Crippen molar-refractivity contribution in [2.24, 2.45) is 0 Å².